The molecule has 0 amide bonds. The minimum absolute atomic E-state index is 0.0346. The Hall–Kier alpha value is -1.69. The van der Waals surface area contributed by atoms with E-state index < -0.39 is 23.2 Å². The standard InChI is InChI=1S/C13H11ClF2O4/c1-19-12(18)11(17)13(15,16)7-2-5-9(14)10(6-7)20-8-3-4-8/h2,5-6,8H,3-4H2,1H3. The average molecular weight is 305 g/mol. The van der Waals surface area contributed by atoms with Crippen LogP contribution in [0.5, 0.6) is 5.75 Å². The van der Waals surface area contributed by atoms with Crippen molar-refractivity contribution in [1.82, 2.24) is 0 Å². The second kappa shape index (κ2) is 5.36. The first-order chi connectivity index (χ1) is 9.36. The molecule has 1 aliphatic rings. The summed E-state index contributed by atoms with van der Waals surface area (Å²) in [6.45, 7) is 0. The molecule has 0 bridgehead atoms. The Labute approximate surface area is 118 Å². The van der Waals surface area contributed by atoms with E-state index in [0.717, 1.165) is 32.1 Å². The van der Waals surface area contributed by atoms with E-state index in [1.54, 1.807) is 0 Å². The first-order valence-corrected chi connectivity index (χ1v) is 6.21. The van der Waals surface area contributed by atoms with Crippen molar-refractivity contribution in [3.63, 3.8) is 0 Å². The number of hydrogen-bond acceptors (Lipinski definition) is 4. The van der Waals surface area contributed by atoms with E-state index in [9.17, 15) is 18.4 Å². The molecule has 1 fully saturated rings. The van der Waals surface area contributed by atoms with Gasteiger partial charge in [0.05, 0.1) is 18.2 Å². The molecule has 0 N–H and O–H groups in total. The lowest BCUT2D eigenvalue weighted by atomic mass is 10.0. The highest BCUT2D eigenvalue weighted by Gasteiger charge is 2.46. The molecule has 0 unspecified atom stereocenters. The molecule has 7 heteroatoms. The molecule has 20 heavy (non-hydrogen) atoms. The number of Topliss-reactive ketones (excluding diaryl/α,β-unsaturated/α-hetero) is 1. The minimum atomic E-state index is -3.99. The fraction of sp³-hybridized carbons (Fsp3) is 0.385. The third-order valence-electron chi connectivity index (χ3n) is 2.77. The summed E-state index contributed by atoms with van der Waals surface area (Å²) < 4.78 is 37.2. The van der Waals surface area contributed by atoms with E-state index >= 15 is 0 Å². The number of hydrogen-bond donors (Lipinski definition) is 0. The SMILES string of the molecule is COC(=O)C(=O)C(F)(F)c1ccc(Cl)c(OC2CC2)c1. The van der Waals surface area contributed by atoms with Gasteiger partial charge in [-0.05, 0) is 25.0 Å². The monoisotopic (exact) mass is 304 g/mol. The van der Waals surface area contributed by atoms with Crippen LogP contribution in [0.1, 0.15) is 18.4 Å². The quantitative estimate of drug-likeness (QED) is 0.620. The number of alkyl halides is 2. The molecule has 1 saturated carbocycles. The van der Waals surface area contributed by atoms with Gasteiger partial charge < -0.3 is 9.47 Å². The predicted molar refractivity (Wildman–Crippen MR) is 66.0 cm³/mol. The van der Waals surface area contributed by atoms with Crippen LogP contribution in [0.4, 0.5) is 8.78 Å². The van der Waals surface area contributed by atoms with Crippen molar-refractivity contribution in [3.05, 3.63) is 28.8 Å². The zero-order valence-electron chi connectivity index (χ0n) is 10.5. The van der Waals surface area contributed by atoms with Gasteiger partial charge in [-0.15, -0.1) is 0 Å². The lowest BCUT2D eigenvalue weighted by molar-refractivity contribution is -0.165. The maximum absolute atomic E-state index is 13.9. The molecule has 0 saturated heterocycles. The van der Waals surface area contributed by atoms with Crippen LogP contribution in [0.15, 0.2) is 18.2 Å². The van der Waals surface area contributed by atoms with Crippen LogP contribution in [0.3, 0.4) is 0 Å². The molecule has 0 aliphatic heterocycles. The van der Waals surface area contributed by atoms with Gasteiger partial charge in [-0.2, -0.15) is 8.78 Å². The van der Waals surface area contributed by atoms with Crippen LogP contribution in [0.2, 0.25) is 5.02 Å². The van der Waals surface area contributed by atoms with Crippen LogP contribution >= 0.6 is 11.6 Å². The summed E-state index contributed by atoms with van der Waals surface area (Å²) in [4.78, 5) is 22.3. The van der Waals surface area contributed by atoms with E-state index in [1.807, 2.05) is 0 Å². The smallest absolute Gasteiger partial charge is 0.381 e. The van der Waals surface area contributed by atoms with Gasteiger partial charge in [-0.3, -0.25) is 4.79 Å². The van der Waals surface area contributed by atoms with Crippen LogP contribution in [0, 0.1) is 0 Å². The summed E-state index contributed by atoms with van der Waals surface area (Å²) in [7, 11) is 0.861. The van der Waals surface area contributed by atoms with Gasteiger partial charge in [0.2, 0.25) is 0 Å². The highest BCUT2D eigenvalue weighted by molar-refractivity contribution is 6.36. The van der Waals surface area contributed by atoms with Gasteiger partial charge in [0, 0.05) is 5.56 Å². The largest absolute Gasteiger partial charge is 0.489 e. The van der Waals surface area contributed by atoms with Gasteiger partial charge >= 0.3 is 17.7 Å². The van der Waals surface area contributed by atoms with E-state index in [-0.39, 0.29) is 16.9 Å². The van der Waals surface area contributed by atoms with Crippen LogP contribution < -0.4 is 4.74 Å². The average Bonchev–Trinajstić information content (AvgIpc) is 3.23. The van der Waals surface area contributed by atoms with E-state index in [1.165, 1.54) is 6.07 Å². The van der Waals surface area contributed by atoms with Gasteiger partial charge in [-0.1, -0.05) is 17.7 Å². The zero-order chi connectivity index (χ0) is 14.9. The Kier molecular flexibility index (Phi) is 3.94. The zero-order valence-corrected chi connectivity index (χ0v) is 11.2. The molecule has 0 radical (unpaired) electrons. The molecular weight excluding hydrogens is 294 g/mol. The number of esters is 1. The third-order valence-corrected chi connectivity index (χ3v) is 3.08. The Morgan fingerprint density at radius 2 is 2.00 bits per heavy atom. The van der Waals surface area contributed by atoms with Gasteiger partial charge in [0.15, 0.2) is 0 Å². The van der Waals surface area contributed by atoms with Gasteiger partial charge in [-0.25, -0.2) is 4.79 Å². The van der Waals surface area contributed by atoms with Crippen molar-refractivity contribution in [3.8, 4) is 5.75 Å². The second-order valence-corrected chi connectivity index (χ2v) is 4.76. The summed E-state index contributed by atoms with van der Waals surface area (Å²) in [6, 6.07) is 3.15. The number of rotatable bonds is 5. The highest BCUT2D eigenvalue weighted by Crippen LogP contribution is 2.37. The molecular formula is C13H11ClF2O4. The van der Waals surface area contributed by atoms with Crippen molar-refractivity contribution >= 4 is 23.4 Å². The van der Waals surface area contributed by atoms with Crippen LogP contribution in [-0.4, -0.2) is 25.0 Å². The first-order valence-electron chi connectivity index (χ1n) is 5.83. The molecule has 0 atom stereocenters. The molecule has 0 spiro atoms. The maximum atomic E-state index is 13.9. The summed E-state index contributed by atoms with van der Waals surface area (Å²) in [5, 5.41) is 0.168. The first kappa shape index (κ1) is 14.7. The number of methoxy groups -OCH3 is 1. The Morgan fingerprint density at radius 1 is 1.35 bits per heavy atom. The van der Waals surface area contributed by atoms with Crippen molar-refractivity contribution in [2.24, 2.45) is 0 Å². The summed E-state index contributed by atoms with van der Waals surface area (Å²) in [5.74, 6) is -7.45. The summed E-state index contributed by atoms with van der Waals surface area (Å²) in [6.07, 6.45) is 1.63. The predicted octanol–water partition coefficient (Wildman–Crippen LogP) is 2.72. The number of ketones is 1. The molecule has 0 aromatic heterocycles. The summed E-state index contributed by atoms with van der Waals surface area (Å²) in [5.41, 5.74) is -0.659. The maximum Gasteiger partial charge on any atom is 0.381 e. The lowest BCUT2D eigenvalue weighted by Gasteiger charge is -2.16. The van der Waals surface area contributed by atoms with E-state index in [0.29, 0.717) is 0 Å². The molecule has 4 nitrogen and oxygen atoms in total. The fourth-order valence-electron chi connectivity index (χ4n) is 1.51. The van der Waals surface area contributed by atoms with Crippen LogP contribution in [0.25, 0.3) is 0 Å². The minimum Gasteiger partial charge on any atom is -0.489 e. The van der Waals surface area contributed by atoms with E-state index in [4.69, 9.17) is 16.3 Å². The molecule has 1 aromatic rings. The number of benzene rings is 1. The number of carbonyl (C=O) groups is 2. The Morgan fingerprint density at radius 3 is 2.55 bits per heavy atom. The summed E-state index contributed by atoms with van der Waals surface area (Å²) >= 11 is 5.84. The molecule has 108 valence electrons. The molecule has 2 rings (SSSR count). The lowest BCUT2D eigenvalue weighted by Crippen LogP contribution is -2.33. The number of ether oxygens (including phenoxy) is 2. The highest BCUT2D eigenvalue weighted by atomic mass is 35.5. The van der Waals surface area contributed by atoms with E-state index in [2.05, 4.69) is 4.74 Å². The molecule has 1 aromatic carbocycles. The van der Waals surface area contributed by atoms with Crippen molar-refractivity contribution < 1.29 is 27.8 Å². The molecule has 0 heterocycles. The van der Waals surface area contributed by atoms with Crippen molar-refractivity contribution in [2.75, 3.05) is 7.11 Å². The van der Waals surface area contributed by atoms with Crippen molar-refractivity contribution in [1.29, 1.82) is 0 Å². The second-order valence-electron chi connectivity index (χ2n) is 4.36. The van der Waals surface area contributed by atoms with Gasteiger partial charge in [0.1, 0.15) is 5.75 Å². The van der Waals surface area contributed by atoms with Crippen LogP contribution in [-0.2, 0) is 20.2 Å². The Bertz CT molecular complexity index is 555. The van der Waals surface area contributed by atoms with Crippen molar-refractivity contribution in [2.45, 2.75) is 24.9 Å². The fourth-order valence-corrected chi connectivity index (χ4v) is 1.67. The normalized spacial score (nSPS) is 14.8. The topological polar surface area (TPSA) is 52.6 Å². The molecule has 1 aliphatic carbocycles. The Balaban J connectivity index is 2.30. The van der Waals surface area contributed by atoms with Gasteiger partial charge in [0.25, 0.3) is 0 Å². The number of carbonyl (C=O) groups excluding carboxylic acids is 2. The third kappa shape index (κ3) is 2.90. The number of halogens is 3.